The van der Waals surface area contributed by atoms with Gasteiger partial charge in [0.25, 0.3) is 0 Å². The zero-order valence-corrected chi connectivity index (χ0v) is 11.6. The van der Waals surface area contributed by atoms with E-state index in [-0.39, 0.29) is 17.9 Å². The Morgan fingerprint density at radius 3 is 2.47 bits per heavy atom. The molecular formula is C13H27N3O. The Labute approximate surface area is 105 Å². The number of carbonyl (C=O) groups is 1. The summed E-state index contributed by atoms with van der Waals surface area (Å²) in [5.74, 6) is 0.721. The molecule has 4 nitrogen and oxygen atoms in total. The van der Waals surface area contributed by atoms with Crippen LogP contribution >= 0.6 is 0 Å². The van der Waals surface area contributed by atoms with Crippen LogP contribution in [-0.2, 0) is 4.79 Å². The van der Waals surface area contributed by atoms with Gasteiger partial charge in [-0.1, -0.05) is 13.3 Å². The molecule has 1 fully saturated rings. The van der Waals surface area contributed by atoms with Gasteiger partial charge in [-0.3, -0.25) is 4.79 Å². The molecule has 3 atom stereocenters. The van der Waals surface area contributed by atoms with Crippen LogP contribution in [0.5, 0.6) is 0 Å². The van der Waals surface area contributed by atoms with E-state index in [1.165, 1.54) is 0 Å². The molecule has 0 spiro atoms. The van der Waals surface area contributed by atoms with Gasteiger partial charge in [0.15, 0.2) is 0 Å². The summed E-state index contributed by atoms with van der Waals surface area (Å²) < 4.78 is 0. The molecule has 0 aliphatic heterocycles. The van der Waals surface area contributed by atoms with Crippen LogP contribution in [0.1, 0.15) is 26.2 Å². The van der Waals surface area contributed by atoms with E-state index in [0.717, 1.165) is 32.4 Å². The van der Waals surface area contributed by atoms with Crippen molar-refractivity contribution >= 4 is 5.91 Å². The molecule has 2 N–H and O–H groups in total. The quantitative estimate of drug-likeness (QED) is 0.791. The van der Waals surface area contributed by atoms with Gasteiger partial charge in [-0.25, -0.2) is 0 Å². The summed E-state index contributed by atoms with van der Waals surface area (Å²) in [6.07, 6.45) is 3.15. The van der Waals surface area contributed by atoms with Crippen molar-refractivity contribution in [2.45, 2.75) is 32.2 Å². The van der Waals surface area contributed by atoms with Crippen LogP contribution in [0, 0.1) is 11.8 Å². The highest BCUT2D eigenvalue weighted by Gasteiger charge is 2.33. The molecule has 1 amide bonds. The van der Waals surface area contributed by atoms with Gasteiger partial charge in [0.2, 0.25) is 5.91 Å². The second-order valence-corrected chi connectivity index (χ2v) is 5.62. The van der Waals surface area contributed by atoms with Crippen LogP contribution < -0.4 is 5.73 Å². The largest absolute Gasteiger partial charge is 0.344 e. The standard InChI is InChI=1S/C13H27N3O/c1-10-11(6-5-7-12(10)14)13(17)16(4)9-8-15(2)3/h10-12H,5-9,14H2,1-4H3. The first kappa shape index (κ1) is 14.5. The lowest BCUT2D eigenvalue weighted by molar-refractivity contribution is -0.137. The van der Waals surface area contributed by atoms with Gasteiger partial charge in [0.05, 0.1) is 0 Å². The molecule has 17 heavy (non-hydrogen) atoms. The Morgan fingerprint density at radius 2 is 1.88 bits per heavy atom. The molecule has 0 aromatic heterocycles. The highest BCUT2D eigenvalue weighted by Crippen LogP contribution is 2.30. The number of carbonyl (C=O) groups excluding carboxylic acids is 1. The third-order valence-electron chi connectivity index (χ3n) is 3.94. The average Bonchev–Trinajstić information content (AvgIpc) is 2.28. The van der Waals surface area contributed by atoms with Gasteiger partial charge in [0.1, 0.15) is 0 Å². The Kier molecular flexibility index (Phi) is 5.40. The molecular weight excluding hydrogens is 214 g/mol. The first-order valence-electron chi connectivity index (χ1n) is 6.58. The maximum Gasteiger partial charge on any atom is 0.225 e. The number of hydrogen-bond donors (Lipinski definition) is 1. The fourth-order valence-electron chi connectivity index (χ4n) is 2.49. The second kappa shape index (κ2) is 6.36. The van der Waals surface area contributed by atoms with Crippen LogP contribution in [0.2, 0.25) is 0 Å². The summed E-state index contributed by atoms with van der Waals surface area (Å²) in [5, 5.41) is 0. The van der Waals surface area contributed by atoms with Crippen LogP contribution in [-0.4, -0.2) is 56.0 Å². The van der Waals surface area contributed by atoms with E-state index < -0.39 is 0 Å². The zero-order valence-electron chi connectivity index (χ0n) is 11.6. The van der Waals surface area contributed by atoms with Crippen molar-refractivity contribution in [3.05, 3.63) is 0 Å². The van der Waals surface area contributed by atoms with Gasteiger partial charge >= 0.3 is 0 Å². The lowest BCUT2D eigenvalue weighted by atomic mass is 9.76. The van der Waals surface area contributed by atoms with E-state index >= 15 is 0 Å². The van der Waals surface area contributed by atoms with E-state index in [0.29, 0.717) is 5.92 Å². The summed E-state index contributed by atoms with van der Waals surface area (Å²) in [6.45, 7) is 3.83. The van der Waals surface area contributed by atoms with Crippen molar-refractivity contribution in [1.82, 2.24) is 9.80 Å². The van der Waals surface area contributed by atoms with Gasteiger partial charge in [-0.05, 0) is 32.9 Å². The van der Waals surface area contributed by atoms with Crippen molar-refractivity contribution in [3.63, 3.8) is 0 Å². The maximum atomic E-state index is 12.3. The number of nitrogens with two attached hydrogens (primary N) is 1. The van der Waals surface area contributed by atoms with Gasteiger partial charge in [0, 0.05) is 32.1 Å². The normalized spacial score (nSPS) is 29.4. The van der Waals surface area contributed by atoms with Crippen molar-refractivity contribution in [2.75, 3.05) is 34.2 Å². The minimum absolute atomic E-state index is 0.130. The smallest absolute Gasteiger partial charge is 0.225 e. The Bertz CT molecular complexity index is 255. The molecule has 0 bridgehead atoms. The fraction of sp³-hybridized carbons (Fsp3) is 0.923. The first-order valence-corrected chi connectivity index (χ1v) is 6.58. The molecule has 4 heteroatoms. The Morgan fingerprint density at radius 1 is 1.24 bits per heavy atom. The number of likely N-dealkylation sites (N-methyl/N-ethyl adjacent to an activating group) is 2. The molecule has 1 saturated carbocycles. The van der Waals surface area contributed by atoms with Gasteiger partial charge in [-0.15, -0.1) is 0 Å². The van der Waals surface area contributed by atoms with Crippen molar-refractivity contribution in [1.29, 1.82) is 0 Å². The number of nitrogens with zero attached hydrogens (tertiary/aromatic N) is 2. The molecule has 100 valence electrons. The van der Waals surface area contributed by atoms with Crippen molar-refractivity contribution in [2.24, 2.45) is 17.6 Å². The Hall–Kier alpha value is -0.610. The van der Waals surface area contributed by atoms with Crippen LogP contribution in [0.25, 0.3) is 0 Å². The number of amides is 1. The highest BCUT2D eigenvalue weighted by molar-refractivity contribution is 5.79. The number of rotatable bonds is 4. The predicted octanol–water partition coefficient (Wildman–Crippen LogP) is 0.770. The molecule has 0 radical (unpaired) electrons. The topological polar surface area (TPSA) is 49.6 Å². The third-order valence-corrected chi connectivity index (χ3v) is 3.94. The van der Waals surface area contributed by atoms with Crippen molar-refractivity contribution < 1.29 is 4.79 Å². The average molecular weight is 241 g/mol. The number of hydrogen-bond acceptors (Lipinski definition) is 3. The van der Waals surface area contributed by atoms with E-state index in [9.17, 15) is 4.79 Å². The molecule has 0 aromatic rings. The van der Waals surface area contributed by atoms with Crippen LogP contribution in [0.3, 0.4) is 0 Å². The van der Waals surface area contributed by atoms with E-state index in [2.05, 4.69) is 11.8 Å². The molecule has 1 aliphatic rings. The third kappa shape index (κ3) is 3.96. The molecule has 1 aliphatic carbocycles. The summed E-state index contributed by atoms with van der Waals surface area (Å²) in [4.78, 5) is 16.3. The first-order chi connectivity index (χ1) is 7.93. The molecule has 0 heterocycles. The maximum absolute atomic E-state index is 12.3. The summed E-state index contributed by atoms with van der Waals surface area (Å²) in [5.41, 5.74) is 6.05. The second-order valence-electron chi connectivity index (χ2n) is 5.62. The Balaban J connectivity index is 2.50. The minimum Gasteiger partial charge on any atom is -0.344 e. The zero-order chi connectivity index (χ0) is 13.0. The van der Waals surface area contributed by atoms with Gasteiger partial charge in [-0.2, -0.15) is 0 Å². The lowest BCUT2D eigenvalue weighted by Gasteiger charge is -2.35. The highest BCUT2D eigenvalue weighted by atomic mass is 16.2. The van der Waals surface area contributed by atoms with Crippen LogP contribution in [0.15, 0.2) is 0 Å². The fourth-order valence-corrected chi connectivity index (χ4v) is 2.49. The molecule has 0 saturated heterocycles. The minimum atomic E-state index is 0.130. The van der Waals surface area contributed by atoms with Crippen LogP contribution in [0.4, 0.5) is 0 Å². The summed E-state index contributed by atoms with van der Waals surface area (Å²) in [6, 6.07) is 0.194. The van der Waals surface area contributed by atoms with E-state index in [4.69, 9.17) is 5.73 Å². The van der Waals surface area contributed by atoms with E-state index in [1.54, 1.807) is 0 Å². The predicted molar refractivity (Wildman–Crippen MR) is 70.7 cm³/mol. The summed E-state index contributed by atoms with van der Waals surface area (Å²) >= 11 is 0. The van der Waals surface area contributed by atoms with Gasteiger partial charge < -0.3 is 15.5 Å². The molecule has 1 rings (SSSR count). The van der Waals surface area contributed by atoms with E-state index in [1.807, 2.05) is 26.0 Å². The molecule has 3 unspecified atom stereocenters. The SMILES string of the molecule is CC1C(N)CCCC1C(=O)N(C)CCN(C)C. The summed E-state index contributed by atoms with van der Waals surface area (Å²) in [7, 11) is 5.95. The van der Waals surface area contributed by atoms with Crippen molar-refractivity contribution in [3.8, 4) is 0 Å². The monoisotopic (exact) mass is 241 g/mol. The lowest BCUT2D eigenvalue weighted by Crippen LogP contribution is -2.46. The molecule has 0 aromatic carbocycles.